The summed E-state index contributed by atoms with van der Waals surface area (Å²) in [7, 11) is 0. The van der Waals surface area contributed by atoms with Gasteiger partial charge >= 0.3 is 0 Å². The van der Waals surface area contributed by atoms with Gasteiger partial charge in [0.1, 0.15) is 5.82 Å². The van der Waals surface area contributed by atoms with Crippen molar-refractivity contribution in [2.75, 3.05) is 18.1 Å². The van der Waals surface area contributed by atoms with Gasteiger partial charge in [-0.25, -0.2) is 4.39 Å². The molecule has 0 atom stereocenters. The molecule has 0 amide bonds. The number of thioether (sulfide) groups is 1. The lowest BCUT2D eigenvalue weighted by molar-refractivity contribution is 0.625. The van der Waals surface area contributed by atoms with Crippen molar-refractivity contribution in [2.45, 2.75) is 13.5 Å². The molecule has 0 aliphatic rings. The molecule has 0 radical (unpaired) electrons. The van der Waals surface area contributed by atoms with E-state index < -0.39 is 0 Å². The third kappa shape index (κ3) is 4.63. The van der Waals surface area contributed by atoms with Crippen LogP contribution in [0.2, 0.25) is 0 Å². The molecule has 0 fully saturated rings. The minimum atomic E-state index is -0.171. The van der Waals surface area contributed by atoms with Gasteiger partial charge in [-0.2, -0.15) is 11.8 Å². The molecule has 3 heteroatoms. The summed E-state index contributed by atoms with van der Waals surface area (Å²) < 4.78 is 12.6. The average Bonchev–Trinajstić information content (AvgIpc) is 2.21. The maximum atomic E-state index is 12.6. The Bertz CT molecular complexity index is 248. The summed E-state index contributed by atoms with van der Waals surface area (Å²) in [5.41, 5.74) is 1.13. The lowest BCUT2D eigenvalue weighted by Crippen LogP contribution is -2.16. The second-order valence-electron chi connectivity index (χ2n) is 3.00. The predicted molar refractivity (Wildman–Crippen MR) is 61.1 cm³/mol. The van der Waals surface area contributed by atoms with E-state index in [0.717, 1.165) is 30.2 Å². The van der Waals surface area contributed by atoms with Gasteiger partial charge in [-0.15, -0.1) is 0 Å². The van der Waals surface area contributed by atoms with E-state index in [-0.39, 0.29) is 5.82 Å². The van der Waals surface area contributed by atoms with Crippen molar-refractivity contribution in [3.05, 3.63) is 35.6 Å². The first-order valence-corrected chi connectivity index (χ1v) is 6.01. The van der Waals surface area contributed by atoms with Gasteiger partial charge in [-0.05, 0) is 23.4 Å². The van der Waals surface area contributed by atoms with Crippen LogP contribution in [0.3, 0.4) is 0 Å². The Morgan fingerprint density at radius 3 is 2.64 bits per heavy atom. The van der Waals surface area contributed by atoms with Gasteiger partial charge in [0.15, 0.2) is 0 Å². The van der Waals surface area contributed by atoms with Gasteiger partial charge in [0.25, 0.3) is 0 Å². The van der Waals surface area contributed by atoms with Crippen molar-refractivity contribution in [3.8, 4) is 0 Å². The van der Waals surface area contributed by atoms with E-state index >= 15 is 0 Å². The molecule has 0 unspecified atom stereocenters. The monoisotopic (exact) mass is 213 g/mol. The molecule has 1 N–H and O–H groups in total. The van der Waals surface area contributed by atoms with Crippen LogP contribution < -0.4 is 5.32 Å². The van der Waals surface area contributed by atoms with Crippen molar-refractivity contribution in [2.24, 2.45) is 0 Å². The molecule has 0 spiro atoms. The second kappa shape index (κ2) is 6.85. The second-order valence-corrected chi connectivity index (χ2v) is 4.39. The molecule has 0 saturated carbocycles. The smallest absolute Gasteiger partial charge is 0.123 e. The van der Waals surface area contributed by atoms with E-state index in [4.69, 9.17) is 0 Å². The Kier molecular flexibility index (Phi) is 5.64. The molecule has 0 aliphatic heterocycles. The highest BCUT2D eigenvalue weighted by Crippen LogP contribution is 2.02. The molecular weight excluding hydrogens is 197 g/mol. The fourth-order valence-corrected chi connectivity index (χ4v) is 1.70. The van der Waals surface area contributed by atoms with Crippen LogP contribution in [-0.2, 0) is 6.54 Å². The van der Waals surface area contributed by atoms with E-state index in [1.165, 1.54) is 12.1 Å². The number of hydrogen-bond acceptors (Lipinski definition) is 2. The summed E-state index contributed by atoms with van der Waals surface area (Å²) in [5, 5.41) is 3.31. The molecule has 0 heterocycles. The maximum Gasteiger partial charge on any atom is 0.123 e. The van der Waals surface area contributed by atoms with Crippen molar-refractivity contribution < 1.29 is 4.39 Å². The minimum Gasteiger partial charge on any atom is -0.312 e. The minimum absolute atomic E-state index is 0.171. The highest BCUT2D eigenvalue weighted by atomic mass is 32.2. The molecular formula is C11H16FNS. The van der Waals surface area contributed by atoms with Gasteiger partial charge in [-0.3, -0.25) is 0 Å². The van der Waals surface area contributed by atoms with Crippen LogP contribution in [0.5, 0.6) is 0 Å². The largest absolute Gasteiger partial charge is 0.312 e. The first-order valence-electron chi connectivity index (χ1n) is 4.86. The molecule has 14 heavy (non-hydrogen) atoms. The number of rotatable bonds is 6. The zero-order valence-electron chi connectivity index (χ0n) is 8.42. The molecule has 0 saturated heterocycles. The summed E-state index contributed by atoms with van der Waals surface area (Å²) in [6.45, 7) is 3.99. The van der Waals surface area contributed by atoms with Gasteiger partial charge in [0.2, 0.25) is 0 Å². The molecule has 1 rings (SSSR count). The standard InChI is InChI=1S/C11H16FNS/c1-2-14-8-7-13-9-10-3-5-11(12)6-4-10/h3-6,13H,2,7-9H2,1H3. The predicted octanol–water partition coefficient (Wildman–Crippen LogP) is 2.67. The fourth-order valence-electron chi connectivity index (χ4n) is 1.12. The molecule has 0 aliphatic carbocycles. The third-order valence-corrected chi connectivity index (χ3v) is 2.77. The highest BCUT2D eigenvalue weighted by molar-refractivity contribution is 7.99. The summed E-state index contributed by atoms with van der Waals surface area (Å²) in [6, 6.07) is 6.63. The lowest BCUT2D eigenvalue weighted by Gasteiger charge is -2.03. The topological polar surface area (TPSA) is 12.0 Å². The van der Waals surface area contributed by atoms with Crippen LogP contribution in [0.25, 0.3) is 0 Å². The molecule has 0 bridgehead atoms. The van der Waals surface area contributed by atoms with Crippen LogP contribution in [0, 0.1) is 5.82 Å². The summed E-state index contributed by atoms with van der Waals surface area (Å²) in [4.78, 5) is 0. The Hall–Kier alpha value is -0.540. The van der Waals surface area contributed by atoms with Crippen molar-refractivity contribution in [1.82, 2.24) is 5.32 Å². The lowest BCUT2D eigenvalue weighted by atomic mass is 10.2. The Morgan fingerprint density at radius 2 is 2.00 bits per heavy atom. The Morgan fingerprint density at radius 1 is 1.29 bits per heavy atom. The van der Waals surface area contributed by atoms with Gasteiger partial charge in [0.05, 0.1) is 0 Å². The number of halogens is 1. The maximum absolute atomic E-state index is 12.6. The molecule has 1 aromatic rings. The zero-order chi connectivity index (χ0) is 10.2. The Labute approximate surface area is 89.1 Å². The van der Waals surface area contributed by atoms with E-state index in [0.29, 0.717) is 0 Å². The quantitative estimate of drug-likeness (QED) is 0.729. The van der Waals surface area contributed by atoms with E-state index in [9.17, 15) is 4.39 Å². The van der Waals surface area contributed by atoms with E-state index in [1.54, 1.807) is 0 Å². The fraction of sp³-hybridized carbons (Fsp3) is 0.455. The average molecular weight is 213 g/mol. The third-order valence-electron chi connectivity index (χ3n) is 1.87. The number of nitrogens with one attached hydrogen (secondary N) is 1. The van der Waals surface area contributed by atoms with Crippen molar-refractivity contribution in [3.63, 3.8) is 0 Å². The molecule has 0 aromatic heterocycles. The summed E-state index contributed by atoms with van der Waals surface area (Å²) in [6.07, 6.45) is 0. The number of benzene rings is 1. The Balaban J connectivity index is 2.15. The van der Waals surface area contributed by atoms with Crippen LogP contribution in [0.15, 0.2) is 24.3 Å². The summed E-state index contributed by atoms with van der Waals surface area (Å²) in [5.74, 6) is 2.13. The van der Waals surface area contributed by atoms with Gasteiger partial charge in [-0.1, -0.05) is 19.1 Å². The van der Waals surface area contributed by atoms with Crippen LogP contribution in [0.1, 0.15) is 12.5 Å². The molecule has 78 valence electrons. The van der Waals surface area contributed by atoms with E-state index in [1.807, 2.05) is 23.9 Å². The van der Waals surface area contributed by atoms with Crippen molar-refractivity contribution >= 4 is 11.8 Å². The summed E-state index contributed by atoms with van der Waals surface area (Å²) >= 11 is 1.92. The van der Waals surface area contributed by atoms with Crippen LogP contribution in [-0.4, -0.2) is 18.1 Å². The van der Waals surface area contributed by atoms with Gasteiger partial charge in [0, 0.05) is 18.8 Å². The first kappa shape index (κ1) is 11.5. The zero-order valence-corrected chi connectivity index (χ0v) is 9.24. The number of hydrogen-bond donors (Lipinski definition) is 1. The molecule has 1 aromatic carbocycles. The van der Waals surface area contributed by atoms with E-state index in [2.05, 4.69) is 12.2 Å². The van der Waals surface area contributed by atoms with Crippen LogP contribution in [0.4, 0.5) is 4.39 Å². The highest BCUT2D eigenvalue weighted by Gasteiger charge is 1.93. The first-order chi connectivity index (χ1) is 6.83. The van der Waals surface area contributed by atoms with Gasteiger partial charge < -0.3 is 5.32 Å². The van der Waals surface area contributed by atoms with Crippen molar-refractivity contribution in [1.29, 1.82) is 0 Å². The van der Waals surface area contributed by atoms with Crippen LogP contribution >= 0.6 is 11.8 Å². The normalized spacial score (nSPS) is 10.4. The molecule has 1 nitrogen and oxygen atoms in total. The SMILES string of the molecule is CCSCCNCc1ccc(F)cc1.